The first-order chi connectivity index (χ1) is 19.5. The third-order valence-electron chi connectivity index (χ3n) is 7.81. The number of hydrogen-bond donors (Lipinski definition) is 1. The number of aliphatic carboxylic acids is 1. The van der Waals surface area contributed by atoms with Gasteiger partial charge in [0.15, 0.2) is 0 Å². The van der Waals surface area contributed by atoms with Crippen LogP contribution in [0, 0.1) is 5.41 Å². The van der Waals surface area contributed by atoms with Crippen molar-refractivity contribution < 1.29 is 28.9 Å². The molecule has 40 heavy (non-hydrogen) atoms. The lowest BCUT2D eigenvalue weighted by Gasteiger charge is -2.26. The summed E-state index contributed by atoms with van der Waals surface area (Å²) in [7, 11) is 1.63. The number of fused-ring (bicyclic) bond motifs is 1. The fourth-order valence-electron chi connectivity index (χ4n) is 5.72. The highest BCUT2D eigenvalue weighted by molar-refractivity contribution is 7.10. The molecule has 0 unspecified atom stereocenters. The minimum absolute atomic E-state index is 0.00412. The van der Waals surface area contributed by atoms with E-state index < -0.39 is 11.4 Å². The summed E-state index contributed by atoms with van der Waals surface area (Å²) in [5, 5.41) is 12.4. The number of nitrogens with zero attached hydrogens (tertiary/aromatic N) is 2. The Morgan fingerprint density at radius 2 is 1.88 bits per heavy atom. The van der Waals surface area contributed by atoms with E-state index in [1.165, 1.54) is 11.3 Å². The molecule has 9 heteroatoms. The molecule has 3 aromatic rings. The molecule has 0 bridgehead atoms. The van der Waals surface area contributed by atoms with Crippen molar-refractivity contribution >= 4 is 23.1 Å². The van der Waals surface area contributed by atoms with Crippen molar-refractivity contribution in [2.75, 3.05) is 46.6 Å². The Kier molecular flexibility index (Phi) is 9.14. The number of carboxylic acids is 1. The predicted octanol–water partition coefficient (Wildman–Crippen LogP) is 4.68. The van der Waals surface area contributed by atoms with Gasteiger partial charge in [0.25, 0.3) is 0 Å². The van der Waals surface area contributed by atoms with Crippen molar-refractivity contribution in [1.29, 1.82) is 0 Å². The SMILES string of the molecule is COc1cc(OCCCN2CCOCC2)ccc1-c1csc(CCC(=O)C2(CC(=O)O)Cc3ccccc3C2)n1. The van der Waals surface area contributed by atoms with Gasteiger partial charge in [0.1, 0.15) is 17.3 Å². The zero-order valence-electron chi connectivity index (χ0n) is 22.9. The summed E-state index contributed by atoms with van der Waals surface area (Å²) < 4.78 is 17.0. The Bertz CT molecular complexity index is 1310. The number of aromatic nitrogens is 1. The van der Waals surface area contributed by atoms with Gasteiger partial charge in [0.2, 0.25) is 0 Å². The zero-order valence-corrected chi connectivity index (χ0v) is 23.7. The predicted molar refractivity (Wildman–Crippen MR) is 153 cm³/mol. The van der Waals surface area contributed by atoms with E-state index in [1.54, 1.807) is 7.11 Å². The monoisotopic (exact) mass is 564 g/mol. The van der Waals surface area contributed by atoms with Gasteiger partial charge >= 0.3 is 5.97 Å². The molecule has 1 saturated heterocycles. The number of aryl methyl sites for hydroxylation is 1. The number of ether oxygens (including phenoxy) is 3. The molecular formula is C31H36N2O6S. The number of thiazole rings is 1. The number of methoxy groups -OCH3 is 1. The second-order valence-electron chi connectivity index (χ2n) is 10.5. The van der Waals surface area contributed by atoms with Gasteiger partial charge < -0.3 is 19.3 Å². The van der Waals surface area contributed by atoms with E-state index in [0.29, 0.717) is 31.6 Å². The highest BCUT2D eigenvalue weighted by atomic mass is 32.1. The first-order valence-electron chi connectivity index (χ1n) is 13.8. The second kappa shape index (κ2) is 12.9. The number of hydrogen-bond acceptors (Lipinski definition) is 8. The third kappa shape index (κ3) is 6.71. The number of morpholine rings is 1. The van der Waals surface area contributed by atoms with Crippen LogP contribution in [-0.4, -0.2) is 73.3 Å². The van der Waals surface area contributed by atoms with E-state index in [0.717, 1.165) is 72.4 Å². The second-order valence-corrected chi connectivity index (χ2v) is 11.5. The van der Waals surface area contributed by atoms with Gasteiger partial charge in [-0.05, 0) is 42.5 Å². The van der Waals surface area contributed by atoms with Crippen LogP contribution in [0.1, 0.15) is 35.4 Å². The van der Waals surface area contributed by atoms with Crippen molar-refractivity contribution in [2.24, 2.45) is 5.41 Å². The molecule has 0 spiro atoms. The number of ketones is 1. The number of benzene rings is 2. The van der Waals surface area contributed by atoms with E-state index in [1.807, 2.05) is 47.8 Å². The Labute approximate surface area is 238 Å². The van der Waals surface area contributed by atoms with Crippen molar-refractivity contribution in [3.63, 3.8) is 0 Å². The molecule has 1 aromatic heterocycles. The van der Waals surface area contributed by atoms with E-state index in [4.69, 9.17) is 19.2 Å². The van der Waals surface area contributed by atoms with Gasteiger partial charge in [-0.25, -0.2) is 4.98 Å². The van der Waals surface area contributed by atoms with Gasteiger partial charge in [-0.15, -0.1) is 11.3 Å². The van der Waals surface area contributed by atoms with E-state index in [9.17, 15) is 14.7 Å². The molecule has 5 rings (SSSR count). The molecule has 0 amide bonds. The average Bonchev–Trinajstić information content (AvgIpc) is 3.59. The summed E-state index contributed by atoms with van der Waals surface area (Å²) in [6, 6.07) is 13.6. The van der Waals surface area contributed by atoms with Gasteiger partial charge in [0.05, 0.1) is 44.1 Å². The molecule has 0 radical (unpaired) electrons. The maximum Gasteiger partial charge on any atom is 0.304 e. The molecule has 1 fully saturated rings. The fourth-order valence-corrected chi connectivity index (χ4v) is 6.51. The molecule has 1 N–H and O–H groups in total. The standard InChI is InChI=1S/C31H36N2O6S/c1-37-27-17-24(39-14-4-11-33-12-15-38-16-13-33)7-8-25(27)26-21-40-29(32-26)10-9-28(34)31(20-30(35)36)18-22-5-2-3-6-23(22)19-31/h2-3,5-8,17,21H,4,9-16,18-20H2,1H3,(H,35,36). The number of carbonyl (C=O) groups is 2. The zero-order chi connectivity index (χ0) is 28.0. The molecule has 2 aliphatic rings. The van der Waals surface area contributed by atoms with Gasteiger partial charge in [-0.2, -0.15) is 0 Å². The first kappa shape index (κ1) is 28.3. The lowest BCUT2D eigenvalue weighted by molar-refractivity contribution is -0.144. The van der Waals surface area contributed by atoms with Gasteiger partial charge in [-0.1, -0.05) is 24.3 Å². The lowest BCUT2D eigenvalue weighted by atomic mass is 9.76. The number of Topliss-reactive ketones (excluding diaryl/α,β-unsaturated/α-hetero) is 1. The Balaban J connectivity index is 1.18. The van der Waals surface area contributed by atoms with Crippen LogP contribution in [0.2, 0.25) is 0 Å². The summed E-state index contributed by atoms with van der Waals surface area (Å²) in [5.41, 5.74) is 2.93. The molecule has 8 nitrogen and oxygen atoms in total. The van der Waals surface area contributed by atoms with Crippen molar-refractivity contribution in [1.82, 2.24) is 9.88 Å². The third-order valence-corrected chi connectivity index (χ3v) is 8.72. The summed E-state index contributed by atoms with van der Waals surface area (Å²) in [4.78, 5) is 32.3. The van der Waals surface area contributed by atoms with Crippen LogP contribution in [0.25, 0.3) is 11.3 Å². The largest absolute Gasteiger partial charge is 0.496 e. The quantitative estimate of drug-likeness (QED) is 0.299. The molecule has 1 aliphatic heterocycles. The smallest absolute Gasteiger partial charge is 0.304 e. The van der Waals surface area contributed by atoms with Crippen LogP contribution in [0.15, 0.2) is 47.8 Å². The van der Waals surface area contributed by atoms with Crippen LogP contribution < -0.4 is 9.47 Å². The topological polar surface area (TPSA) is 98.2 Å². The highest BCUT2D eigenvalue weighted by Crippen LogP contribution is 2.42. The minimum atomic E-state index is -0.936. The molecule has 1 aliphatic carbocycles. The summed E-state index contributed by atoms with van der Waals surface area (Å²) in [5.74, 6) is 0.498. The van der Waals surface area contributed by atoms with Crippen LogP contribution in [0.4, 0.5) is 0 Å². The van der Waals surface area contributed by atoms with Crippen LogP contribution >= 0.6 is 11.3 Å². The summed E-state index contributed by atoms with van der Waals surface area (Å²) in [6.45, 7) is 5.17. The molecule has 0 saturated carbocycles. The van der Waals surface area contributed by atoms with Crippen molar-refractivity contribution in [2.45, 2.75) is 38.5 Å². The maximum atomic E-state index is 13.4. The summed E-state index contributed by atoms with van der Waals surface area (Å²) >= 11 is 1.50. The first-order valence-corrected chi connectivity index (χ1v) is 14.7. The van der Waals surface area contributed by atoms with Gasteiger partial charge in [-0.3, -0.25) is 14.5 Å². The number of carboxylic acid groups (broad SMARTS) is 1. The molecule has 212 valence electrons. The van der Waals surface area contributed by atoms with Crippen LogP contribution in [0.3, 0.4) is 0 Å². The Morgan fingerprint density at radius 1 is 1.12 bits per heavy atom. The molecule has 2 heterocycles. The molecule has 2 aromatic carbocycles. The van der Waals surface area contributed by atoms with Crippen LogP contribution in [-0.2, 0) is 33.6 Å². The van der Waals surface area contributed by atoms with Crippen molar-refractivity contribution in [3.05, 3.63) is 64.0 Å². The Hall–Kier alpha value is -3.27. The number of carbonyl (C=O) groups excluding carboxylic acids is 1. The van der Waals surface area contributed by atoms with E-state index in [2.05, 4.69) is 4.90 Å². The lowest BCUT2D eigenvalue weighted by Crippen LogP contribution is -2.37. The van der Waals surface area contributed by atoms with E-state index >= 15 is 0 Å². The maximum absolute atomic E-state index is 13.4. The van der Waals surface area contributed by atoms with E-state index in [-0.39, 0.29) is 18.6 Å². The Morgan fingerprint density at radius 3 is 2.58 bits per heavy atom. The van der Waals surface area contributed by atoms with Crippen LogP contribution in [0.5, 0.6) is 11.5 Å². The normalized spacial score (nSPS) is 16.4. The number of rotatable bonds is 13. The average molecular weight is 565 g/mol. The minimum Gasteiger partial charge on any atom is -0.496 e. The molecule has 0 atom stereocenters. The summed E-state index contributed by atoms with van der Waals surface area (Å²) in [6.07, 6.45) is 2.50. The van der Waals surface area contributed by atoms with Gasteiger partial charge in [0, 0.05) is 54.9 Å². The van der Waals surface area contributed by atoms with Crippen molar-refractivity contribution in [3.8, 4) is 22.8 Å². The fraction of sp³-hybridized carbons (Fsp3) is 0.452. The molecular weight excluding hydrogens is 528 g/mol. The highest BCUT2D eigenvalue weighted by Gasteiger charge is 2.44.